The zero-order chi connectivity index (χ0) is 25.0. The van der Waals surface area contributed by atoms with Crippen molar-refractivity contribution in [3.63, 3.8) is 0 Å². The molecule has 0 saturated heterocycles. The smallest absolute Gasteiger partial charge is 0.326 e. The van der Waals surface area contributed by atoms with Crippen molar-refractivity contribution in [3.8, 4) is 0 Å². The number of anilines is 3. The minimum absolute atomic E-state index is 0. The van der Waals surface area contributed by atoms with Crippen LogP contribution in [-0.4, -0.2) is 72.0 Å². The van der Waals surface area contributed by atoms with Crippen LogP contribution in [-0.2, 0) is 9.59 Å². The number of nitrogens with one attached hydrogen (secondary N) is 1. The molecule has 0 aliphatic heterocycles. The maximum Gasteiger partial charge on any atom is 0.326 e. The molecule has 0 aliphatic carbocycles. The van der Waals surface area contributed by atoms with E-state index >= 15 is 0 Å². The number of hydrogen-bond acceptors (Lipinski definition) is 10. The third kappa shape index (κ3) is 6.71. The van der Waals surface area contributed by atoms with E-state index in [1.54, 1.807) is 30.5 Å². The van der Waals surface area contributed by atoms with Gasteiger partial charge >= 0.3 is 11.9 Å². The summed E-state index contributed by atoms with van der Waals surface area (Å²) in [5.74, 6) is -2.92. The highest BCUT2D eigenvalue weighted by Crippen LogP contribution is 2.26. The van der Waals surface area contributed by atoms with Crippen LogP contribution in [0.4, 0.5) is 17.5 Å². The molecule has 0 aliphatic rings. The third-order valence-electron chi connectivity index (χ3n) is 5.27. The molecule has 0 fully saturated rings. The van der Waals surface area contributed by atoms with Gasteiger partial charge in [-0.05, 0) is 37.6 Å². The molecule has 15 nitrogen and oxygen atoms in total. The topological polar surface area (TPSA) is 274 Å². The largest absolute Gasteiger partial charge is 0.481 e. The predicted molar refractivity (Wildman–Crippen MR) is 130 cm³/mol. The van der Waals surface area contributed by atoms with Crippen LogP contribution in [0.2, 0.25) is 0 Å². The van der Waals surface area contributed by atoms with Gasteiger partial charge in [-0.15, -0.1) is 0 Å². The van der Waals surface area contributed by atoms with E-state index in [0.717, 1.165) is 5.69 Å². The van der Waals surface area contributed by atoms with Gasteiger partial charge in [0.15, 0.2) is 17.0 Å². The third-order valence-corrected chi connectivity index (χ3v) is 5.27. The first kappa shape index (κ1) is 29.4. The number of aliphatic carboxylic acids is 2. The maximum atomic E-state index is 12.4. The Hall–Kier alpha value is -4.63. The number of nitrogens with zero attached hydrogens (tertiary/aromatic N) is 5. The highest BCUT2D eigenvalue weighted by molar-refractivity contribution is 5.97. The number of fused-ring (bicyclic) bond motifs is 1. The van der Waals surface area contributed by atoms with Gasteiger partial charge in [-0.1, -0.05) is 0 Å². The molecule has 3 rings (SSSR count). The lowest BCUT2D eigenvalue weighted by atomic mass is 10.1. The normalized spacial score (nSPS) is 11.9. The summed E-state index contributed by atoms with van der Waals surface area (Å²) in [6.07, 6.45) is 0.978. The number of carbonyl (C=O) groups excluding carboxylic acids is 1. The number of benzene rings is 1. The van der Waals surface area contributed by atoms with Gasteiger partial charge in [-0.25, -0.2) is 14.8 Å². The van der Waals surface area contributed by atoms with Crippen molar-refractivity contribution < 1.29 is 35.5 Å². The predicted octanol–water partition coefficient (Wildman–Crippen LogP) is -0.820. The molecule has 15 heteroatoms. The molecule has 0 saturated carbocycles. The summed E-state index contributed by atoms with van der Waals surface area (Å²) in [5, 5.41) is 20.3. The van der Waals surface area contributed by atoms with E-state index in [0.29, 0.717) is 16.9 Å². The van der Waals surface area contributed by atoms with Crippen LogP contribution in [0.25, 0.3) is 11.2 Å². The lowest BCUT2D eigenvalue weighted by molar-refractivity contribution is -0.140. The molecule has 2 atom stereocenters. The Labute approximate surface area is 204 Å². The highest BCUT2D eigenvalue weighted by atomic mass is 16.4. The molecule has 11 N–H and O–H groups in total. The van der Waals surface area contributed by atoms with E-state index in [9.17, 15) is 19.5 Å². The van der Waals surface area contributed by atoms with Crippen LogP contribution in [0.3, 0.4) is 0 Å². The van der Waals surface area contributed by atoms with E-state index in [-0.39, 0.29) is 47.2 Å². The molecular formula is C21H28N8O7. The number of aromatic nitrogens is 4. The average molecular weight is 505 g/mol. The van der Waals surface area contributed by atoms with Crippen molar-refractivity contribution in [3.05, 3.63) is 41.7 Å². The number of hydrogen-bond donors (Lipinski definition) is 5. The second kappa shape index (κ2) is 12.2. The van der Waals surface area contributed by atoms with Crippen molar-refractivity contribution in [2.75, 3.05) is 23.4 Å². The van der Waals surface area contributed by atoms with Crippen molar-refractivity contribution >= 4 is 46.5 Å². The number of carboxylic acid groups (broad SMARTS) is 2. The van der Waals surface area contributed by atoms with Gasteiger partial charge in [0.2, 0.25) is 5.95 Å². The number of nitrogen functional groups attached to an aromatic ring is 2. The zero-order valence-corrected chi connectivity index (χ0v) is 19.5. The van der Waals surface area contributed by atoms with Gasteiger partial charge in [0.25, 0.3) is 5.91 Å². The molecule has 1 amide bonds. The van der Waals surface area contributed by atoms with Crippen LogP contribution in [0.15, 0.2) is 30.5 Å². The van der Waals surface area contributed by atoms with Gasteiger partial charge in [0, 0.05) is 24.7 Å². The lowest BCUT2D eigenvalue weighted by Crippen LogP contribution is -2.41. The molecule has 2 aromatic heterocycles. The first-order valence-electron chi connectivity index (χ1n) is 10.2. The lowest BCUT2D eigenvalue weighted by Gasteiger charge is -2.26. The van der Waals surface area contributed by atoms with Crippen LogP contribution in [0, 0.1) is 0 Å². The molecule has 0 spiro atoms. The summed E-state index contributed by atoms with van der Waals surface area (Å²) in [6, 6.07) is 4.95. The molecule has 36 heavy (non-hydrogen) atoms. The Morgan fingerprint density at radius 3 is 2.28 bits per heavy atom. The van der Waals surface area contributed by atoms with E-state index in [1.807, 2.05) is 18.9 Å². The van der Waals surface area contributed by atoms with Gasteiger partial charge in [0.1, 0.15) is 6.04 Å². The molecule has 194 valence electrons. The van der Waals surface area contributed by atoms with Crippen molar-refractivity contribution in [1.29, 1.82) is 0 Å². The second-order valence-corrected chi connectivity index (χ2v) is 7.56. The summed E-state index contributed by atoms with van der Waals surface area (Å²) in [7, 11) is 1.83. The number of rotatable bonds is 9. The minimum Gasteiger partial charge on any atom is -0.481 e. The minimum atomic E-state index is -1.30. The number of nitrogens with two attached hydrogens (primary N) is 2. The zero-order valence-electron chi connectivity index (χ0n) is 19.5. The van der Waals surface area contributed by atoms with Crippen LogP contribution in [0.1, 0.15) is 41.9 Å². The van der Waals surface area contributed by atoms with Crippen molar-refractivity contribution in [2.24, 2.45) is 0 Å². The van der Waals surface area contributed by atoms with E-state index in [2.05, 4.69) is 25.3 Å². The maximum absolute atomic E-state index is 12.4. The summed E-state index contributed by atoms with van der Waals surface area (Å²) < 4.78 is 0. The quantitative estimate of drug-likeness (QED) is 0.239. The SMILES string of the molecule is CC(c1cnc2nc(N)nc(N)c2n1)N(C)c1ccc(C(=O)N[C@@H](CCC(=O)O)C(=O)O)cc1.O.O. The van der Waals surface area contributed by atoms with Gasteiger partial charge in [0.05, 0.1) is 17.9 Å². The van der Waals surface area contributed by atoms with E-state index in [1.165, 1.54) is 0 Å². The number of amides is 1. The van der Waals surface area contributed by atoms with Gasteiger partial charge in [-0.2, -0.15) is 9.97 Å². The first-order valence-corrected chi connectivity index (χ1v) is 10.2. The molecule has 0 radical (unpaired) electrons. The number of carbonyl (C=O) groups is 3. The molecule has 1 unspecified atom stereocenters. The Morgan fingerprint density at radius 2 is 1.69 bits per heavy atom. The Kier molecular flexibility index (Phi) is 9.95. The molecule has 1 aromatic carbocycles. The van der Waals surface area contributed by atoms with Crippen molar-refractivity contribution in [1.82, 2.24) is 25.3 Å². The van der Waals surface area contributed by atoms with Gasteiger partial charge < -0.3 is 42.8 Å². The Bertz CT molecular complexity index is 1240. The monoisotopic (exact) mass is 504 g/mol. The number of carboxylic acids is 2. The summed E-state index contributed by atoms with van der Waals surface area (Å²) in [6.45, 7) is 1.91. The fourth-order valence-electron chi connectivity index (χ4n) is 3.20. The second-order valence-electron chi connectivity index (χ2n) is 7.56. The Morgan fingerprint density at radius 1 is 1.06 bits per heavy atom. The fourth-order valence-corrected chi connectivity index (χ4v) is 3.20. The molecule has 3 aromatic rings. The highest BCUT2D eigenvalue weighted by Gasteiger charge is 2.22. The summed E-state index contributed by atoms with van der Waals surface area (Å²) in [4.78, 5) is 53.0. The van der Waals surface area contributed by atoms with Crippen LogP contribution in [0.5, 0.6) is 0 Å². The Balaban J connectivity index is 0.00000324. The summed E-state index contributed by atoms with van der Waals surface area (Å²) >= 11 is 0. The van der Waals surface area contributed by atoms with Crippen molar-refractivity contribution in [2.45, 2.75) is 31.8 Å². The van der Waals surface area contributed by atoms with Crippen LogP contribution < -0.4 is 21.7 Å². The van der Waals surface area contributed by atoms with E-state index in [4.69, 9.17) is 16.6 Å². The van der Waals surface area contributed by atoms with Crippen LogP contribution >= 0.6 is 0 Å². The molecule has 0 bridgehead atoms. The van der Waals surface area contributed by atoms with E-state index < -0.39 is 23.9 Å². The fraction of sp³-hybridized carbons (Fsp3) is 0.286. The summed E-state index contributed by atoms with van der Waals surface area (Å²) in [5.41, 5.74) is 13.7. The first-order chi connectivity index (χ1) is 16.1. The standard InChI is InChI=1S/C21H24N8O5.2H2O/c1-10(14-9-24-18-16(25-14)17(22)27-21(23)28-18)29(2)12-5-3-11(4-6-12)19(32)26-13(20(33)34)7-8-15(30)31;;/h3-6,9-10,13H,7-8H2,1-2H3,(H,26,32)(H,30,31)(H,33,34)(H4,22,23,24,27,28);2*1H2/t10?,13-;;/m0../s1. The average Bonchev–Trinajstić information content (AvgIpc) is 2.80. The molecule has 2 heterocycles. The van der Waals surface area contributed by atoms with Gasteiger partial charge in [-0.3, -0.25) is 9.59 Å². The molecular weight excluding hydrogens is 476 g/mol.